The molecule has 0 heterocycles. The molecule has 1 aliphatic carbocycles. The molecule has 0 amide bonds. The molecule has 3 heteroatoms. The van der Waals surface area contributed by atoms with Gasteiger partial charge in [-0.25, -0.2) is 0 Å². The summed E-state index contributed by atoms with van der Waals surface area (Å²) in [6.45, 7) is 3.17. The van der Waals surface area contributed by atoms with E-state index in [9.17, 15) is 5.11 Å². The largest absolute Gasteiger partial charge is 0.394 e. The van der Waals surface area contributed by atoms with Crippen molar-refractivity contribution in [1.82, 2.24) is 5.32 Å². The highest BCUT2D eigenvalue weighted by atomic mass is 16.5. The number of ether oxygens (including phenoxy) is 1. The molecule has 3 aromatic carbocycles. The number of methoxy groups -OCH3 is 1. The molecule has 0 spiro atoms. The first-order chi connectivity index (χ1) is 12.2. The predicted octanol–water partition coefficient (Wildman–Crippen LogP) is 3.97. The van der Waals surface area contributed by atoms with Gasteiger partial charge in [-0.05, 0) is 45.5 Å². The third kappa shape index (κ3) is 2.65. The van der Waals surface area contributed by atoms with Crippen LogP contribution in [-0.4, -0.2) is 31.0 Å². The summed E-state index contributed by atoms with van der Waals surface area (Å²) in [7, 11) is 1.66. The number of benzene rings is 3. The Bertz CT molecular complexity index is 905. The number of aliphatic hydroxyl groups is 1. The lowest BCUT2D eigenvalue weighted by Crippen LogP contribution is -2.49. The number of rotatable bonds is 6. The zero-order valence-electron chi connectivity index (χ0n) is 14.7. The Morgan fingerprint density at radius 2 is 1.60 bits per heavy atom. The topological polar surface area (TPSA) is 41.5 Å². The van der Waals surface area contributed by atoms with E-state index in [0.717, 1.165) is 0 Å². The highest BCUT2D eigenvalue weighted by Crippen LogP contribution is 2.47. The van der Waals surface area contributed by atoms with E-state index in [0.29, 0.717) is 13.2 Å². The molecule has 25 heavy (non-hydrogen) atoms. The fourth-order valence-electron chi connectivity index (χ4n) is 3.80. The van der Waals surface area contributed by atoms with Gasteiger partial charge in [-0.15, -0.1) is 0 Å². The van der Waals surface area contributed by atoms with Crippen LogP contribution in [-0.2, 0) is 11.3 Å². The molecule has 2 N–H and O–H groups in total. The van der Waals surface area contributed by atoms with E-state index < -0.39 is 5.54 Å². The Balaban J connectivity index is 1.76. The van der Waals surface area contributed by atoms with Gasteiger partial charge in [-0.1, -0.05) is 54.6 Å². The van der Waals surface area contributed by atoms with Gasteiger partial charge in [0.05, 0.1) is 18.8 Å². The highest BCUT2D eigenvalue weighted by Gasteiger charge is 2.24. The first kappa shape index (κ1) is 16.3. The fourth-order valence-corrected chi connectivity index (χ4v) is 3.80. The summed E-state index contributed by atoms with van der Waals surface area (Å²) < 4.78 is 5.24. The van der Waals surface area contributed by atoms with Gasteiger partial charge in [-0.3, -0.25) is 0 Å². The summed E-state index contributed by atoms with van der Waals surface area (Å²) in [5.74, 6) is 0. The lowest BCUT2D eigenvalue weighted by atomic mass is 9.97. The van der Waals surface area contributed by atoms with Crippen molar-refractivity contribution in [2.45, 2.75) is 19.0 Å². The smallest absolute Gasteiger partial charge is 0.0664 e. The zero-order valence-corrected chi connectivity index (χ0v) is 14.7. The molecule has 0 saturated carbocycles. The minimum Gasteiger partial charge on any atom is -0.394 e. The van der Waals surface area contributed by atoms with E-state index in [1.807, 2.05) is 6.92 Å². The third-order valence-corrected chi connectivity index (χ3v) is 5.16. The van der Waals surface area contributed by atoms with Gasteiger partial charge in [0, 0.05) is 13.7 Å². The van der Waals surface area contributed by atoms with Crippen molar-refractivity contribution in [3.63, 3.8) is 0 Å². The van der Waals surface area contributed by atoms with Crippen molar-refractivity contribution in [2.75, 3.05) is 20.3 Å². The lowest BCUT2D eigenvalue weighted by Gasteiger charge is -2.28. The number of hydrogen-bond donors (Lipinski definition) is 2. The molecule has 0 aliphatic heterocycles. The van der Waals surface area contributed by atoms with Gasteiger partial charge in [-0.2, -0.15) is 0 Å². The summed E-state index contributed by atoms with van der Waals surface area (Å²) in [6.07, 6.45) is 0. The molecular weight excluding hydrogens is 310 g/mol. The molecule has 0 aromatic heterocycles. The van der Waals surface area contributed by atoms with Crippen molar-refractivity contribution >= 4 is 10.8 Å². The van der Waals surface area contributed by atoms with Crippen molar-refractivity contribution < 1.29 is 9.84 Å². The van der Waals surface area contributed by atoms with Crippen LogP contribution in [0.1, 0.15) is 12.5 Å². The Hall–Kier alpha value is -2.20. The maximum absolute atomic E-state index is 9.68. The van der Waals surface area contributed by atoms with Crippen molar-refractivity contribution in [3.05, 3.63) is 60.2 Å². The average Bonchev–Trinajstić information content (AvgIpc) is 2.98. The van der Waals surface area contributed by atoms with Crippen LogP contribution in [0.15, 0.2) is 54.6 Å². The summed E-state index contributed by atoms with van der Waals surface area (Å²) in [5, 5.41) is 15.8. The maximum Gasteiger partial charge on any atom is 0.0664 e. The van der Waals surface area contributed by atoms with E-state index in [1.54, 1.807) is 7.11 Å². The van der Waals surface area contributed by atoms with Crippen molar-refractivity contribution in [1.29, 1.82) is 0 Å². The SMILES string of the molecule is COCC(C)(CO)NCc1ccc2c3c(cccc13)-c1ccccc1-2. The first-order valence-electron chi connectivity index (χ1n) is 8.66. The maximum atomic E-state index is 9.68. The second kappa shape index (κ2) is 6.26. The van der Waals surface area contributed by atoms with Crippen LogP contribution < -0.4 is 5.32 Å². The van der Waals surface area contributed by atoms with Crippen LogP contribution in [0, 0.1) is 0 Å². The minimum atomic E-state index is -0.444. The van der Waals surface area contributed by atoms with Gasteiger partial charge in [0.25, 0.3) is 0 Å². The molecule has 1 unspecified atom stereocenters. The van der Waals surface area contributed by atoms with Gasteiger partial charge in [0.2, 0.25) is 0 Å². The van der Waals surface area contributed by atoms with Crippen molar-refractivity contribution in [2.24, 2.45) is 0 Å². The van der Waals surface area contributed by atoms with Gasteiger partial charge in [0.1, 0.15) is 0 Å². The molecule has 1 aliphatic rings. The molecule has 0 bridgehead atoms. The predicted molar refractivity (Wildman–Crippen MR) is 103 cm³/mol. The Labute approximate surface area is 148 Å². The number of nitrogens with one attached hydrogen (secondary N) is 1. The van der Waals surface area contributed by atoms with E-state index in [1.165, 1.54) is 38.6 Å². The quantitative estimate of drug-likeness (QED) is 0.561. The summed E-state index contributed by atoms with van der Waals surface area (Å²) in [4.78, 5) is 0. The molecular formula is C22H23NO2. The number of hydrogen-bond acceptors (Lipinski definition) is 3. The summed E-state index contributed by atoms with van der Waals surface area (Å²) in [5.41, 5.74) is 6.05. The Kier molecular flexibility index (Phi) is 4.08. The minimum absolute atomic E-state index is 0.0353. The van der Waals surface area contributed by atoms with E-state index in [2.05, 4.69) is 59.9 Å². The Morgan fingerprint density at radius 3 is 2.28 bits per heavy atom. The van der Waals surface area contributed by atoms with Gasteiger partial charge in [0.15, 0.2) is 0 Å². The molecule has 3 aromatic rings. The average molecular weight is 333 g/mol. The van der Waals surface area contributed by atoms with Crippen LogP contribution >= 0.6 is 0 Å². The zero-order chi connectivity index (χ0) is 17.4. The lowest BCUT2D eigenvalue weighted by molar-refractivity contribution is 0.0723. The molecule has 1 atom stereocenters. The summed E-state index contributed by atoms with van der Waals surface area (Å²) in [6, 6.07) is 19.5. The molecule has 0 radical (unpaired) electrons. The van der Waals surface area contributed by atoms with Crippen LogP contribution in [0.4, 0.5) is 0 Å². The molecule has 4 rings (SSSR count). The first-order valence-corrected chi connectivity index (χ1v) is 8.66. The molecule has 0 fully saturated rings. The van der Waals surface area contributed by atoms with Crippen LogP contribution in [0.2, 0.25) is 0 Å². The van der Waals surface area contributed by atoms with Gasteiger partial charge >= 0.3 is 0 Å². The third-order valence-electron chi connectivity index (χ3n) is 5.16. The second-order valence-electron chi connectivity index (χ2n) is 7.05. The van der Waals surface area contributed by atoms with E-state index in [4.69, 9.17) is 4.74 Å². The highest BCUT2D eigenvalue weighted by molar-refractivity contribution is 6.15. The Morgan fingerprint density at radius 1 is 0.920 bits per heavy atom. The monoisotopic (exact) mass is 333 g/mol. The van der Waals surface area contributed by atoms with Crippen LogP contribution in [0.3, 0.4) is 0 Å². The van der Waals surface area contributed by atoms with Crippen LogP contribution in [0.25, 0.3) is 33.0 Å². The molecule has 128 valence electrons. The van der Waals surface area contributed by atoms with Gasteiger partial charge < -0.3 is 15.2 Å². The normalized spacial score (nSPS) is 14.5. The number of fused-ring (bicyclic) bond motifs is 3. The van der Waals surface area contributed by atoms with E-state index in [-0.39, 0.29) is 6.61 Å². The van der Waals surface area contributed by atoms with Crippen molar-refractivity contribution in [3.8, 4) is 22.3 Å². The standard InChI is InChI=1S/C22H23NO2/c1-22(13-24,14-25-2)23-12-15-10-11-20-18-7-4-3-6-17(18)19-9-5-8-16(15)21(19)20/h3-11,23-24H,12-14H2,1-2H3. The summed E-state index contributed by atoms with van der Waals surface area (Å²) >= 11 is 0. The van der Waals surface area contributed by atoms with Crippen LogP contribution in [0.5, 0.6) is 0 Å². The second-order valence-corrected chi connectivity index (χ2v) is 7.05. The number of aliphatic hydroxyl groups excluding tert-OH is 1. The fraction of sp³-hybridized carbons (Fsp3) is 0.273. The molecule has 3 nitrogen and oxygen atoms in total. The molecule has 0 saturated heterocycles. The van der Waals surface area contributed by atoms with E-state index >= 15 is 0 Å².